The Bertz CT molecular complexity index is 429. The topological polar surface area (TPSA) is 49.4 Å². The fourth-order valence-corrected chi connectivity index (χ4v) is 3.43. The van der Waals surface area contributed by atoms with Crippen molar-refractivity contribution in [2.45, 2.75) is 77.8 Å². The quantitative estimate of drug-likeness (QED) is 0.819. The highest BCUT2D eigenvalue weighted by atomic mass is 16.2. The Morgan fingerprint density at radius 1 is 1.19 bits per heavy atom. The first-order valence-electron chi connectivity index (χ1n) is 8.48. The molecule has 4 nitrogen and oxygen atoms in total. The molecular formula is C17H30N2O2. The van der Waals surface area contributed by atoms with Gasteiger partial charge in [0.15, 0.2) is 0 Å². The van der Waals surface area contributed by atoms with Crippen LogP contribution in [0.25, 0.3) is 0 Å². The van der Waals surface area contributed by atoms with Gasteiger partial charge in [0.2, 0.25) is 11.8 Å². The normalized spacial score (nSPS) is 33.5. The van der Waals surface area contributed by atoms with Crippen LogP contribution in [-0.4, -0.2) is 34.3 Å². The number of piperazine rings is 1. The van der Waals surface area contributed by atoms with E-state index >= 15 is 0 Å². The van der Waals surface area contributed by atoms with E-state index in [0.29, 0.717) is 24.8 Å². The van der Waals surface area contributed by atoms with Gasteiger partial charge < -0.3 is 10.2 Å². The summed E-state index contributed by atoms with van der Waals surface area (Å²) in [5.41, 5.74) is -1.38. The van der Waals surface area contributed by atoms with E-state index in [4.69, 9.17) is 0 Å². The first-order chi connectivity index (χ1) is 9.83. The number of carbonyl (C=O) groups is 2. The van der Waals surface area contributed by atoms with Crippen LogP contribution < -0.4 is 5.32 Å². The Morgan fingerprint density at radius 3 is 2.19 bits per heavy atom. The zero-order valence-electron chi connectivity index (χ0n) is 14.2. The molecule has 21 heavy (non-hydrogen) atoms. The maximum atomic E-state index is 13.1. The second kappa shape index (κ2) is 5.62. The summed E-state index contributed by atoms with van der Waals surface area (Å²) in [5.74, 6) is 0.930. The van der Waals surface area contributed by atoms with Gasteiger partial charge in [-0.15, -0.1) is 0 Å². The summed E-state index contributed by atoms with van der Waals surface area (Å²) in [6.45, 7) is 10.8. The molecule has 0 aromatic rings. The minimum Gasteiger partial charge on any atom is -0.340 e. The molecule has 1 saturated carbocycles. The van der Waals surface area contributed by atoms with E-state index in [-0.39, 0.29) is 11.8 Å². The molecule has 1 aliphatic carbocycles. The third kappa shape index (κ3) is 2.58. The molecule has 1 aliphatic heterocycles. The number of amides is 2. The Labute approximate surface area is 128 Å². The molecule has 0 spiro atoms. The number of carbonyl (C=O) groups excluding carboxylic acids is 2. The van der Waals surface area contributed by atoms with Crippen LogP contribution in [0.5, 0.6) is 0 Å². The van der Waals surface area contributed by atoms with Gasteiger partial charge in [-0.05, 0) is 44.9 Å². The number of hydrogen-bond acceptors (Lipinski definition) is 2. The van der Waals surface area contributed by atoms with Crippen molar-refractivity contribution in [1.82, 2.24) is 10.2 Å². The molecular weight excluding hydrogens is 264 g/mol. The second-order valence-corrected chi connectivity index (χ2v) is 7.16. The molecule has 2 atom stereocenters. The van der Waals surface area contributed by atoms with Crippen molar-refractivity contribution in [3.05, 3.63) is 0 Å². The fraction of sp³-hybridized carbons (Fsp3) is 0.882. The molecule has 0 radical (unpaired) electrons. The lowest BCUT2D eigenvalue weighted by atomic mass is 9.82. The van der Waals surface area contributed by atoms with E-state index in [0.717, 1.165) is 25.7 Å². The molecule has 2 unspecified atom stereocenters. The van der Waals surface area contributed by atoms with Gasteiger partial charge in [-0.25, -0.2) is 0 Å². The first-order valence-corrected chi connectivity index (χ1v) is 8.48. The summed E-state index contributed by atoms with van der Waals surface area (Å²) in [6.07, 6.45) is 4.84. The van der Waals surface area contributed by atoms with E-state index in [1.807, 2.05) is 25.7 Å². The van der Waals surface area contributed by atoms with Crippen LogP contribution in [0.15, 0.2) is 0 Å². The van der Waals surface area contributed by atoms with Crippen LogP contribution in [0, 0.1) is 11.8 Å². The minimum atomic E-state index is -0.700. The largest absolute Gasteiger partial charge is 0.340 e. The monoisotopic (exact) mass is 294 g/mol. The highest BCUT2D eigenvalue weighted by Gasteiger charge is 2.58. The fourth-order valence-electron chi connectivity index (χ4n) is 3.43. The third-order valence-electron chi connectivity index (χ3n) is 5.83. The zero-order chi connectivity index (χ0) is 15.8. The number of hydrogen-bond donors (Lipinski definition) is 1. The molecule has 2 fully saturated rings. The lowest BCUT2D eigenvalue weighted by Gasteiger charge is -2.51. The van der Waals surface area contributed by atoms with Crippen LogP contribution in [0.3, 0.4) is 0 Å². The van der Waals surface area contributed by atoms with Crippen LogP contribution in [0.2, 0.25) is 0 Å². The summed E-state index contributed by atoms with van der Waals surface area (Å²) in [4.78, 5) is 27.7. The maximum Gasteiger partial charge on any atom is 0.249 e. The number of rotatable bonds is 6. The van der Waals surface area contributed by atoms with E-state index in [9.17, 15) is 9.59 Å². The Balaban J connectivity index is 2.33. The van der Waals surface area contributed by atoms with E-state index in [1.54, 1.807) is 0 Å². The molecule has 0 aromatic carbocycles. The Hall–Kier alpha value is -1.06. The van der Waals surface area contributed by atoms with Gasteiger partial charge in [-0.2, -0.15) is 0 Å². The average Bonchev–Trinajstić information content (AvgIpc) is 3.30. The third-order valence-corrected chi connectivity index (χ3v) is 5.83. The molecule has 0 bridgehead atoms. The maximum absolute atomic E-state index is 13.1. The molecule has 2 aliphatic rings. The van der Waals surface area contributed by atoms with E-state index < -0.39 is 11.1 Å². The molecule has 2 amide bonds. The van der Waals surface area contributed by atoms with Crippen molar-refractivity contribution in [2.24, 2.45) is 11.8 Å². The van der Waals surface area contributed by atoms with Gasteiger partial charge in [0.05, 0.1) is 0 Å². The molecule has 0 aromatic heterocycles. The van der Waals surface area contributed by atoms with Crippen LogP contribution in [0.4, 0.5) is 0 Å². The molecule has 1 N–H and O–H groups in total. The predicted molar refractivity (Wildman–Crippen MR) is 83.8 cm³/mol. The lowest BCUT2D eigenvalue weighted by Crippen LogP contribution is -2.75. The molecule has 120 valence electrons. The summed E-state index contributed by atoms with van der Waals surface area (Å²) in [6, 6.07) is 0. The molecule has 1 saturated heterocycles. The SMILES string of the molecule is CCC(CC)CN1C(=O)C(C)(C2CC2)NC(=O)C1(C)CC. The van der Waals surface area contributed by atoms with Crippen molar-refractivity contribution in [3.63, 3.8) is 0 Å². The minimum absolute atomic E-state index is 0.0185. The highest BCUT2D eigenvalue weighted by molar-refractivity contribution is 6.02. The van der Waals surface area contributed by atoms with Crippen molar-refractivity contribution in [2.75, 3.05) is 6.54 Å². The van der Waals surface area contributed by atoms with Crippen LogP contribution in [0.1, 0.15) is 66.7 Å². The van der Waals surface area contributed by atoms with Crippen LogP contribution >= 0.6 is 0 Å². The van der Waals surface area contributed by atoms with Gasteiger partial charge >= 0.3 is 0 Å². The number of nitrogens with one attached hydrogen (secondary N) is 1. The summed E-state index contributed by atoms with van der Waals surface area (Å²) < 4.78 is 0. The van der Waals surface area contributed by atoms with Crippen LogP contribution in [-0.2, 0) is 9.59 Å². The van der Waals surface area contributed by atoms with Crippen molar-refractivity contribution < 1.29 is 9.59 Å². The van der Waals surface area contributed by atoms with Gasteiger partial charge in [-0.3, -0.25) is 9.59 Å². The van der Waals surface area contributed by atoms with E-state index in [2.05, 4.69) is 19.2 Å². The Kier molecular flexibility index (Phi) is 4.36. The summed E-state index contributed by atoms with van der Waals surface area (Å²) >= 11 is 0. The molecule has 1 heterocycles. The second-order valence-electron chi connectivity index (χ2n) is 7.16. The summed E-state index contributed by atoms with van der Waals surface area (Å²) in [7, 11) is 0. The smallest absolute Gasteiger partial charge is 0.249 e. The lowest BCUT2D eigenvalue weighted by molar-refractivity contribution is -0.163. The summed E-state index contributed by atoms with van der Waals surface area (Å²) in [5, 5.41) is 3.06. The van der Waals surface area contributed by atoms with Gasteiger partial charge in [0.1, 0.15) is 11.1 Å². The van der Waals surface area contributed by atoms with Gasteiger partial charge in [0, 0.05) is 6.54 Å². The molecule has 4 heteroatoms. The van der Waals surface area contributed by atoms with Crippen molar-refractivity contribution in [1.29, 1.82) is 0 Å². The molecule has 2 rings (SSSR count). The zero-order valence-corrected chi connectivity index (χ0v) is 14.2. The Morgan fingerprint density at radius 2 is 1.76 bits per heavy atom. The highest BCUT2D eigenvalue weighted by Crippen LogP contribution is 2.44. The predicted octanol–water partition coefficient (Wildman–Crippen LogP) is 2.72. The van der Waals surface area contributed by atoms with Gasteiger partial charge in [-0.1, -0.05) is 33.6 Å². The van der Waals surface area contributed by atoms with Crippen molar-refractivity contribution >= 4 is 11.8 Å². The van der Waals surface area contributed by atoms with Crippen molar-refractivity contribution in [3.8, 4) is 0 Å². The van der Waals surface area contributed by atoms with Gasteiger partial charge in [0.25, 0.3) is 0 Å². The average molecular weight is 294 g/mol. The number of nitrogens with zero attached hydrogens (tertiary/aromatic N) is 1. The van der Waals surface area contributed by atoms with E-state index in [1.165, 1.54) is 0 Å². The standard InChI is InChI=1S/C17H30N2O2/c1-6-12(7-2)11-19-15(21)17(5,13-9-10-13)18-14(20)16(19,4)8-3/h12-13H,6-11H2,1-5H3,(H,18,20). The first kappa shape index (κ1) is 16.3.